The second kappa shape index (κ2) is 7.31. The zero-order valence-corrected chi connectivity index (χ0v) is 13.9. The molecule has 0 bridgehead atoms. The standard InChI is InChI=1S/C15H21NO3S2/c1-9(2)7-10(15(18)19)8-16-14(17)13-11-3-5-20-12(11)4-6-21-13/h3,5,9-10,13H,4,6-8H2,1-2H3,(H,16,17)(H,18,19). The van der Waals surface area contributed by atoms with Crippen LogP contribution in [0.15, 0.2) is 11.4 Å². The Labute approximate surface area is 133 Å². The van der Waals surface area contributed by atoms with Gasteiger partial charge in [0.05, 0.1) is 5.92 Å². The minimum Gasteiger partial charge on any atom is -0.481 e. The molecular weight excluding hydrogens is 306 g/mol. The van der Waals surface area contributed by atoms with Gasteiger partial charge in [-0.1, -0.05) is 13.8 Å². The molecule has 2 unspecified atom stereocenters. The van der Waals surface area contributed by atoms with Gasteiger partial charge in [0, 0.05) is 11.4 Å². The molecule has 2 atom stereocenters. The summed E-state index contributed by atoms with van der Waals surface area (Å²) in [5.74, 6) is -0.161. The average molecular weight is 327 g/mol. The number of aliphatic carboxylic acids is 1. The summed E-state index contributed by atoms with van der Waals surface area (Å²) < 4.78 is 0. The van der Waals surface area contributed by atoms with E-state index in [1.54, 1.807) is 23.1 Å². The highest BCUT2D eigenvalue weighted by atomic mass is 32.2. The number of carbonyl (C=O) groups is 2. The number of carboxylic acid groups (broad SMARTS) is 1. The molecule has 6 heteroatoms. The largest absolute Gasteiger partial charge is 0.481 e. The van der Waals surface area contributed by atoms with Crippen LogP contribution in [0.2, 0.25) is 0 Å². The van der Waals surface area contributed by atoms with E-state index in [0.717, 1.165) is 17.7 Å². The van der Waals surface area contributed by atoms with E-state index in [9.17, 15) is 14.7 Å². The van der Waals surface area contributed by atoms with Crippen molar-refractivity contribution < 1.29 is 14.7 Å². The number of rotatable bonds is 6. The van der Waals surface area contributed by atoms with Crippen molar-refractivity contribution in [1.29, 1.82) is 0 Å². The molecule has 0 aromatic carbocycles. The van der Waals surface area contributed by atoms with Crippen molar-refractivity contribution in [3.05, 3.63) is 21.9 Å². The number of hydrogen-bond acceptors (Lipinski definition) is 4. The van der Waals surface area contributed by atoms with Crippen LogP contribution < -0.4 is 5.32 Å². The van der Waals surface area contributed by atoms with Crippen LogP contribution >= 0.6 is 23.1 Å². The lowest BCUT2D eigenvalue weighted by atomic mass is 9.97. The Bertz CT molecular complexity index is 513. The Kier molecular flexibility index (Phi) is 5.70. The van der Waals surface area contributed by atoms with E-state index >= 15 is 0 Å². The lowest BCUT2D eigenvalue weighted by molar-refractivity contribution is -0.142. The Balaban J connectivity index is 1.95. The van der Waals surface area contributed by atoms with Crippen molar-refractivity contribution in [1.82, 2.24) is 5.32 Å². The summed E-state index contributed by atoms with van der Waals surface area (Å²) in [6.45, 7) is 4.20. The van der Waals surface area contributed by atoms with Gasteiger partial charge in [0.1, 0.15) is 5.25 Å². The number of carbonyl (C=O) groups excluding carboxylic acids is 1. The number of thioether (sulfide) groups is 1. The first-order valence-corrected chi connectivity index (χ1v) is 9.10. The van der Waals surface area contributed by atoms with E-state index in [0.29, 0.717) is 12.3 Å². The topological polar surface area (TPSA) is 66.4 Å². The van der Waals surface area contributed by atoms with Gasteiger partial charge in [-0.3, -0.25) is 9.59 Å². The van der Waals surface area contributed by atoms with Crippen molar-refractivity contribution in [2.75, 3.05) is 12.3 Å². The summed E-state index contributed by atoms with van der Waals surface area (Å²) in [5.41, 5.74) is 1.10. The van der Waals surface area contributed by atoms with E-state index in [4.69, 9.17) is 0 Å². The average Bonchev–Trinajstić information content (AvgIpc) is 2.90. The smallest absolute Gasteiger partial charge is 0.308 e. The summed E-state index contributed by atoms with van der Waals surface area (Å²) in [7, 11) is 0. The first-order chi connectivity index (χ1) is 9.99. The fourth-order valence-corrected chi connectivity index (χ4v) is 4.84. The molecule has 1 amide bonds. The quantitative estimate of drug-likeness (QED) is 0.843. The molecule has 2 heterocycles. The van der Waals surface area contributed by atoms with Gasteiger partial charge in [-0.2, -0.15) is 0 Å². The van der Waals surface area contributed by atoms with Crippen LogP contribution in [0.3, 0.4) is 0 Å². The van der Waals surface area contributed by atoms with Gasteiger partial charge in [-0.05, 0) is 41.5 Å². The minimum atomic E-state index is -0.837. The molecular formula is C15H21NO3S2. The van der Waals surface area contributed by atoms with Crippen LogP contribution in [0.4, 0.5) is 0 Å². The third kappa shape index (κ3) is 4.23. The Morgan fingerprint density at radius 3 is 2.90 bits per heavy atom. The monoisotopic (exact) mass is 327 g/mol. The van der Waals surface area contributed by atoms with Crippen molar-refractivity contribution in [3.8, 4) is 0 Å². The number of carboxylic acids is 1. The molecule has 0 fully saturated rings. The van der Waals surface area contributed by atoms with E-state index < -0.39 is 11.9 Å². The zero-order valence-electron chi connectivity index (χ0n) is 12.3. The normalized spacial score (nSPS) is 19.1. The first kappa shape index (κ1) is 16.4. The van der Waals surface area contributed by atoms with Gasteiger partial charge in [-0.15, -0.1) is 23.1 Å². The molecule has 0 saturated carbocycles. The fraction of sp³-hybridized carbons (Fsp3) is 0.600. The van der Waals surface area contributed by atoms with E-state index in [2.05, 4.69) is 5.32 Å². The number of fused-ring (bicyclic) bond motifs is 1. The molecule has 0 saturated heterocycles. The first-order valence-electron chi connectivity index (χ1n) is 7.17. The molecule has 0 radical (unpaired) electrons. The second-order valence-electron chi connectivity index (χ2n) is 5.71. The molecule has 21 heavy (non-hydrogen) atoms. The Hall–Kier alpha value is -1.01. The number of amides is 1. The summed E-state index contributed by atoms with van der Waals surface area (Å²) in [5, 5.41) is 13.9. The summed E-state index contributed by atoms with van der Waals surface area (Å²) in [6, 6.07) is 2.01. The number of aryl methyl sites for hydroxylation is 1. The van der Waals surface area contributed by atoms with Gasteiger partial charge in [0.25, 0.3) is 0 Å². The lowest BCUT2D eigenvalue weighted by Crippen LogP contribution is -2.36. The van der Waals surface area contributed by atoms with Gasteiger partial charge in [0.2, 0.25) is 5.91 Å². The molecule has 1 aliphatic rings. The maximum atomic E-state index is 12.4. The number of hydrogen-bond donors (Lipinski definition) is 2. The van der Waals surface area contributed by atoms with Crippen molar-refractivity contribution in [2.24, 2.45) is 11.8 Å². The van der Waals surface area contributed by atoms with Gasteiger partial charge >= 0.3 is 5.97 Å². The molecule has 2 rings (SSSR count). The molecule has 0 aliphatic carbocycles. The molecule has 1 aromatic rings. The zero-order chi connectivity index (χ0) is 15.4. The predicted octanol–water partition coefficient (Wildman–Crippen LogP) is 2.94. The van der Waals surface area contributed by atoms with Crippen LogP contribution in [0.1, 0.15) is 36.0 Å². The predicted molar refractivity (Wildman–Crippen MR) is 86.8 cm³/mol. The highest BCUT2D eigenvalue weighted by Gasteiger charge is 2.29. The van der Waals surface area contributed by atoms with Gasteiger partial charge in [-0.25, -0.2) is 0 Å². The van der Waals surface area contributed by atoms with E-state index in [-0.39, 0.29) is 17.7 Å². The molecule has 0 spiro atoms. The highest BCUT2D eigenvalue weighted by molar-refractivity contribution is 8.00. The Morgan fingerprint density at radius 2 is 2.24 bits per heavy atom. The van der Waals surface area contributed by atoms with Crippen molar-refractivity contribution in [2.45, 2.75) is 31.9 Å². The summed E-state index contributed by atoms with van der Waals surface area (Å²) in [4.78, 5) is 24.9. The van der Waals surface area contributed by atoms with Crippen molar-refractivity contribution in [3.63, 3.8) is 0 Å². The van der Waals surface area contributed by atoms with E-state index in [1.165, 1.54) is 4.88 Å². The van der Waals surface area contributed by atoms with Crippen LogP contribution in [0.5, 0.6) is 0 Å². The fourth-order valence-electron chi connectivity index (χ4n) is 2.52. The minimum absolute atomic E-state index is 0.0608. The SMILES string of the molecule is CC(C)CC(CNC(=O)C1SCCc2sccc21)C(=O)O. The third-order valence-electron chi connectivity index (χ3n) is 3.54. The number of nitrogens with one attached hydrogen (secondary N) is 1. The second-order valence-corrected chi connectivity index (χ2v) is 7.92. The molecule has 1 aliphatic heterocycles. The van der Waals surface area contributed by atoms with Crippen LogP contribution in [0, 0.1) is 11.8 Å². The molecule has 2 N–H and O–H groups in total. The van der Waals surface area contributed by atoms with Gasteiger partial charge < -0.3 is 10.4 Å². The lowest BCUT2D eigenvalue weighted by Gasteiger charge is -2.22. The van der Waals surface area contributed by atoms with Crippen LogP contribution in [-0.4, -0.2) is 29.3 Å². The van der Waals surface area contributed by atoms with E-state index in [1.807, 2.05) is 25.3 Å². The summed E-state index contributed by atoms with van der Waals surface area (Å²) >= 11 is 3.34. The maximum Gasteiger partial charge on any atom is 0.308 e. The maximum absolute atomic E-state index is 12.4. The molecule has 1 aromatic heterocycles. The van der Waals surface area contributed by atoms with Crippen LogP contribution in [-0.2, 0) is 16.0 Å². The summed E-state index contributed by atoms with van der Waals surface area (Å²) in [6.07, 6.45) is 1.60. The Morgan fingerprint density at radius 1 is 1.48 bits per heavy atom. The molecule has 4 nitrogen and oxygen atoms in total. The highest BCUT2D eigenvalue weighted by Crippen LogP contribution is 2.39. The van der Waals surface area contributed by atoms with Crippen molar-refractivity contribution >= 4 is 35.0 Å². The molecule has 116 valence electrons. The van der Waals surface area contributed by atoms with Gasteiger partial charge in [0.15, 0.2) is 0 Å². The third-order valence-corrected chi connectivity index (χ3v) is 5.78. The van der Waals surface area contributed by atoms with Crippen LogP contribution in [0.25, 0.3) is 0 Å². The number of thiophene rings is 1.